The normalized spacial score (nSPS) is 12.8. The van der Waals surface area contributed by atoms with Crippen LogP contribution in [-0.2, 0) is 6.42 Å². The predicted molar refractivity (Wildman–Crippen MR) is 74.6 cm³/mol. The van der Waals surface area contributed by atoms with Crippen LogP contribution in [0.15, 0.2) is 29.8 Å². The van der Waals surface area contributed by atoms with Crippen LogP contribution in [0.25, 0.3) is 0 Å². The van der Waals surface area contributed by atoms with Crippen LogP contribution in [0.3, 0.4) is 0 Å². The first kappa shape index (κ1) is 15.0. The number of aliphatic hydroxyl groups is 1. The van der Waals surface area contributed by atoms with Crippen molar-refractivity contribution in [2.45, 2.75) is 12.5 Å². The Morgan fingerprint density at radius 2 is 2.20 bits per heavy atom. The van der Waals surface area contributed by atoms with Crippen molar-refractivity contribution >= 4 is 11.3 Å². The van der Waals surface area contributed by atoms with Crippen LogP contribution in [0, 0.1) is 11.6 Å². The van der Waals surface area contributed by atoms with Gasteiger partial charge >= 0.3 is 0 Å². The average molecular weight is 298 g/mol. The summed E-state index contributed by atoms with van der Waals surface area (Å²) in [4.78, 5) is 6.04. The van der Waals surface area contributed by atoms with E-state index in [9.17, 15) is 13.9 Å². The topological polar surface area (TPSA) is 36.4 Å². The first-order chi connectivity index (χ1) is 9.56. The Hall–Kier alpha value is -1.37. The Kier molecular flexibility index (Phi) is 5.17. The molecule has 0 bridgehead atoms. The molecule has 2 aromatic rings. The van der Waals surface area contributed by atoms with Gasteiger partial charge in [-0.15, -0.1) is 11.3 Å². The molecule has 0 saturated carbocycles. The molecule has 0 saturated heterocycles. The quantitative estimate of drug-likeness (QED) is 0.890. The van der Waals surface area contributed by atoms with Gasteiger partial charge in [0.25, 0.3) is 0 Å². The van der Waals surface area contributed by atoms with Crippen LogP contribution >= 0.6 is 11.3 Å². The molecule has 0 aliphatic heterocycles. The summed E-state index contributed by atoms with van der Waals surface area (Å²) in [5.41, 5.74) is -0.00824. The van der Waals surface area contributed by atoms with E-state index in [1.165, 1.54) is 0 Å². The summed E-state index contributed by atoms with van der Waals surface area (Å²) in [6, 6.07) is 3.11. The molecule has 6 heteroatoms. The molecular formula is C14H16F2N2OS. The van der Waals surface area contributed by atoms with Crippen molar-refractivity contribution in [3.05, 3.63) is 52.0 Å². The molecule has 0 radical (unpaired) electrons. The van der Waals surface area contributed by atoms with E-state index in [1.54, 1.807) is 17.5 Å². The SMILES string of the molecule is CN(CCc1nccs1)CC(O)c1cc(F)ccc1F. The third-order valence-electron chi connectivity index (χ3n) is 2.99. The van der Waals surface area contributed by atoms with Gasteiger partial charge in [-0.05, 0) is 25.2 Å². The Balaban J connectivity index is 1.89. The van der Waals surface area contributed by atoms with Crippen molar-refractivity contribution in [2.75, 3.05) is 20.1 Å². The van der Waals surface area contributed by atoms with Gasteiger partial charge in [0.2, 0.25) is 0 Å². The van der Waals surface area contributed by atoms with Gasteiger partial charge in [0, 0.05) is 36.7 Å². The lowest BCUT2D eigenvalue weighted by molar-refractivity contribution is 0.123. The van der Waals surface area contributed by atoms with Crippen molar-refractivity contribution in [3.8, 4) is 0 Å². The lowest BCUT2D eigenvalue weighted by Gasteiger charge is -2.20. The number of thiazole rings is 1. The number of rotatable bonds is 6. The van der Waals surface area contributed by atoms with Gasteiger partial charge in [-0.2, -0.15) is 0 Å². The summed E-state index contributed by atoms with van der Waals surface area (Å²) >= 11 is 1.57. The van der Waals surface area contributed by atoms with Gasteiger partial charge in [-0.3, -0.25) is 0 Å². The fourth-order valence-electron chi connectivity index (χ4n) is 1.92. The van der Waals surface area contributed by atoms with Crippen molar-refractivity contribution in [2.24, 2.45) is 0 Å². The number of aromatic nitrogens is 1. The number of likely N-dealkylation sites (N-methyl/N-ethyl adjacent to an activating group) is 1. The lowest BCUT2D eigenvalue weighted by atomic mass is 10.1. The fourth-order valence-corrected chi connectivity index (χ4v) is 2.53. The maximum Gasteiger partial charge on any atom is 0.129 e. The number of hydrogen-bond donors (Lipinski definition) is 1. The van der Waals surface area contributed by atoms with Gasteiger partial charge in [0.1, 0.15) is 11.6 Å². The monoisotopic (exact) mass is 298 g/mol. The zero-order valence-corrected chi connectivity index (χ0v) is 11.9. The smallest absolute Gasteiger partial charge is 0.129 e. The van der Waals surface area contributed by atoms with Gasteiger partial charge in [0.05, 0.1) is 11.1 Å². The molecule has 0 aliphatic rings. The second-order valence-corrected chi connectivity index (χ2v) is 5.60. The lowest BCUT2D eigenvalue weighted by Crippen LogP contribution is -2.27. The number of aliphatic hydroxyl groups excluding tert-OH is 1. The minimum absolute atomic E-state index is 0.00824. The highest BCUT2D eigenvalue weighted by atomic mass is 32.1. The Morgan fingerprint density at radius 1 is 1.40 bits per heavy atom. The highest BCUT2D eigenvalue weighted by Gasteiger charge is 2.16. The first-order valence-corrected chi connectivity index (χ1v) is 7.14. The van der Waals surface area contributed by atoms with Gasteiger partial charge in [0.15, 0.2) is 0 Å². The van der Waals surface area contributed by atoms with E-state index >= 15 is 0 Å². The maximum absolute atomic E-state index is 13.5. The second kappa shape index (κ2) is 6.88. The van der Waals surface area contributed by atoms with Crippen LogP contribution < -0.4 is 0 Å². The van der Waals surface area contributed by atoms with E-state index in [4.69, 9.17) is 0 Å². The first-order valence-electron chi connectivity index (χ1n) is 6.26. The Bertz CT molecular complexity index is 548. The van der Waals surface area contributed by atoms with E-state index in [-0.39, 0.29) is 12.1 Å². The van der Waals surface area contributed by atoms with Gasteiger partial charge < -0.3 is 10.0 Å². The second-order valence-electron chi connectivity index (χ2n) is 4.62. The number of benzene rings is 1. The number of halogens is 2. The van der Waals surface area contributed by atoms with Crippen LogP contribution in [-0.4, -0.2) is 35.1 Å². The third-order valence-corrected chi connectivity index (χ3v) is 3.83. The molecule has 20 heavy (non-hydrogen) atoms. The molecular weight excluding hydrogens is 282 g/mol. The molecule has 0 fully saturated rings. The summed E-state index contributed by atoms with van der Waals surface area (Å²) in [5, 5.41) is 12.9. The molecule has 1 N–H and O–H groups in total. The summed E-state index contributed by atoms with van der Waals surface area (Å²) in [7, 11) is 1.83. The number of hydrogen-bond acceptors (Lipinski definition) is 4. The van der Waals surface area contributed by atoms with Crippen molar-refractivity contribution < 1.29 is 13.9 Å². The van der Waals surface area contributed by atoms with Gasteiger partial charge in [-0.1, -0.05) is 0 Å². The molecule has 108 valence electrons. The van der Waals surface area contributed by atoms with E-state index in [0.29, 0.717) is 6.54 Å². The maximum atomic E-state index is 13.5. The van der Waals surface area contributed by atoms with Crippen LogP contribution in [0.1, 0.15) is 16.7 Å². The van der Waals surface area contributed by atoms with Crippen LogP contribution in [0.5, 0.6) is 0 Å². The summed E-state index contributed by atoms with van der Waals surface area (Å²) in [6.45, 7) is 0.938. The van der Waals surface area contributed by atoms with Crippen LogP contribution in [0.2, 0.25) is 0 Å². The van der Waals surface area contributed by atoms with Gasteiger partial charge in [-0.25, -0.2) is 13.8 Å². The highest BCUT2D eigenvalue weighted by molar-refractivity contribution is 7.09. The van der Waals surface area contributed by atoms with E-state index in [2.05, 4.69) is 4.98 Å². The summed E-state index contributed by atoms with van der Waals surface area (Å²) in [5.74, 6) is -1.14. The molecule has 2 rings (SSSR count). The van der Waals surface area contributed by atoms with Crippen molar-refractivity contribution in [3.63, 3.8) is 0 Å². The van der Waals surface area contributed by atoms with Crippen LogP contribution in [0.4, 0.5) is 8.78 Å². The molecule has 3 nitrogen and oxygen atoms in total. The molecule has 1 aromatic carbocycles. The molecule has 0 aliphatic carbocycles. The van der Waals surface area contributed by atoms with E-state index < -0.39 is 17.7 Å². The average Bonchev–Trinajstić information content (AvgIpc) is 2.92. The molecule has 1 heterocycles. The molecule has 0 spiro atoms. The molecule has 1 unspecified atom stereocenters. The van der Waals surface area contributed by atoms with Crippen molar-refractivity contribution in [1.82, 2.24) is 9.88 Å². The zero-order valence-electron chi connectivity index (χ0n) is 11.1. The van der Waals surface area contributed by atoms with E-state index in [0.717, 1.165) is 29.6 Å². The summed E-state index contributed by atoms with van der Waals surface area (Å²) < 4.78 is 26.6. The minimum Gasteiger partial charge on any atom is -0.387 e. The predicted octanol–water partition coefficient (Wildman–Crippen LogP) is 2.63. The zero-order chi connectivity index (χ0) is 14.5. The molecule has 1 atom stereocenters. The molecule has 0 amide bonds. The number of nitrogens with zero attached hydrogens (tertiary/aromatic N) is 2. The Morgan fingerprint density at radius 3 is 2.90 bits per heavy atom. The fraction of sp³-hybridized carbons (Fsp3) is 0.357. The standard InChI is InChI=1S/C14H16F2N2OS/c1-18(6-4-14-17-5-7-20-14)9-13(19)11-8-10(15)2-3-12(11)16/h2-3,5,7-8,13,19H,4,6,9H2,1H3. The third kappa shape index (κ3) is 4.06. The largest absolute Gasteiger partial charge is 0.387 e. The highest BCUT2D eigenvalue weighted by Crippen LogP contribution is 2.19. The molecule has 1 aromatic heterocycles. The van der Waals surface area contributed by atoms with E-state index in [1.807, 2.05) is 17.3 Å². The van der Waals surface area contributed by atoms with Crippen molar-refractivity contribution in [1.29, 1.82) is 0 Å². The summed E-state index contributed by atoms with van der Waals surface area (Å²) in [6.07, 6.45) is 1.47. The minimum atomic E-state index is -1.05. The Labute approximate surface area is 120 Å².